The molecule has 0 saturated carbocycles. The first-order valence-electron chi connectivity index (χ1n) is 7.88. The van der Waals surface area contributed by atoms with Crippen LogP contribution in [0, 0.1) is 0 Å². The van der Waals surface area contributed by atoms with Crippen molar-refractivity contribution >= 4 is 21.8 Å². The highest BCUT2D eigenvalue weighted by atomic mass is 79.9. The maximum absolute atomic E-state index is 12.4. The van der Waals surface area contributed by atoms with Crippen molar-refractivity contribution in [3.63, 3.8) is 0 Å². The summed E-state index contributed by atoms with van der Waals surface area (Å²) in [5.41, 5.74) is 2.02. The van der Waals surface area contributed by atoms with Crippen LogP contribution < -0.4 is 0 Å². The molecule has 1 aromatic carbocycles. The quantitative estimate of drug-likeness (QED) is 0.826. The molecule has 120 valence electrons. The second kappa shape index (κ2) is 7.70. The highest BCUT2D eigenvalue weighted by Crippen LogP contribution is 2.13. The summed E-state index contributed by atoms with van der Waals surface area (Å²) < 4.78 is 1.13. The molecule has 0 unspecified atom stereocenters. The van der Waals surface area contributed by atoms with Crippen LogP contribution in [-0.2, 0) is 6.42 Å². The number of rotatable bonds is 4. The zero-order valence-electron chi connectivity index (χ0n) is 13.0. The maximum Gasteiger partial charge on any atom is 0.255 e. The zero-order valence-corrected chi connectivity index (χ0v) is 14.6. The van der Waals surface area contributed by atoms with Gasteiger partial charge < -0.3 is 4.90 Å². The monoisotopic (exact) mass is 373 g/mol. The Morgan fingerprint density at radius 2 is 1.96 bits per heavy atom. The minimum absolute atomic E-state index is 0.0877. The summed E-state index contributed by atoms with van der Waals surface area (Å²) >= 11 is 3.51. The fourth-order valence-electron chi connectivity index (χ4n) is 2.83. The van der Waals surface area contributed by atoms with E-state index < -0.39 is 0 Å². The molecule has 1 amide bonds. The van der Waals surface area contributed by atoms with Gasteiger partial charge in [0.2, 0.25) is 0 Å². The Bertz CT molecular complexity index is 654. The van der Waals surface area contributed by atoms with Gasteiger partial charge in [0, 0.05) is 49.6 Å². The lowest BCUT2D eigenvalue weighted by Gasteiger charge is -2.34. The number of hydrogen-bond donors (Lipinski definition) is 0. The molecule has 0 aliphatic carbocycles. The van der Waals surface area contributed by atoms with E-state index >= 15 is 0 Å². The van der Waals surface area contributed by atoms with Crippen LogP contribution >= 0.6 is 15.9 Å². The van der Waals surface area contributed by atoms with Crippen molar-refractivity contribution in [2.24, 2.45) is 0 Å². The second-order valence-corrected chi connectivity index (χ2v) is 6.67. The summed E-state index contributed by atoms with van der Waals surface area (Å²) in [5, 5.41) is 0. The summed E-state index contributed by atoms with van der Waals surface area (Å²) in [6.45, 7) is 4.46. The Kier molecular flexibility index (Phi) is 5.41. The second-order valence-electron chi connectivity index (χ2n) is 5.76. The van der Waals surface area contributed by atoms with Crippen LogP contribution in [0.1, 0.15) is 15.9 Å². The van der Waals surface area contributed by atoms with E-state index in [0.29, 0.717) is 5.56 Å². The highest BCUT2D eigenvalue weighted by Gasteiger charge is 2.21. The van der Waals surface area contributed by atoms with Gasteiger partial charge in [-0.25, -0.2) is 0 Å². The molecule has 23 heavy (non-hydrogen) atoms. The third kappa shape index (κ3) is 4.39. The first-order chi connectivity index (χ1) is 11.2. The topological polar surface area (TPSA) is 36.4 Å². The molecule has 1 saturated heterocycles. The Balaban J connectivity index is 1.48. The van der Waals surface area contributed by atoms with E-state index in [9.17, 15) is 4.79 Å². The van der Waals surface area contributed by atoms with Crippen molar-refractivity contribution in [2.45, 2.75) is 6.42 Å². The Labute approximate surface area is 145 Å². The molecule has 0 bridgehead atoms. The number of nitrogens with zero attached hydrogens (tertiary/aromatic N) is 3. The van der Waals surface area contributed by atoms with Gasteiger partial charge in [-0.05, 0) is 36.2 Å². The fraction of sp³-hybridized carbons (Fsp3) is 0.333. The molecule has 5 heteroatoms. The predicted octanol–water partition coefficient (Wildman–Crippen LogP) is 2.84. The van der Waals surface area contributed by atoms with Crippen LogP contribution in [0.3, 0.4) is 0 Å². The van der Waals surface area contributed by atoms with E-state index in [-0.39, 0.29) is 5.91 Å². The van der Waals surface area contributed by atoms with Crippen LogP contribution in [0.5, 0.6) is 0 Å². The molecule has 0 spiro atoms. The fourth-order valence-corrected chi connectivity index (χ4v) is 3.27. The molecule has 2 heterocycles. The van der Waals surface area contributed by atoms with Crippen molar-refractivity contribution in [1.82, 2.24) is 14.8 Å². The van der Waals surface area contributed by atoms with Gasteiger partial charge in [0.15, 0.2) is 0 Å². The average molecular weight is 374 g/mol. The van der Waals surface area contributed by atoms with Gasteiger partial charge in [0.25, 0.3) is 5.91 Å². The molecule has 0 atom stereocenters. The van der Waals surface area contributed by atoms with Gasteiger partial charge in [-0.15, -0.1) is 0 Å². The summed E-state index contributed by atoms with van der Waals surface area (Å²) in [5.74, 6) is 0.0877. The first-order valence-corrected chi connectivity index (χ1v) is 8.68. The van der Waals surface area contributed by atoms with Gasteiger partial charge in [0.05, 0.1) is 5.56 Å². The maximum atomic E-state index is 12.4. The first kappa shape index (κ1) is 16.1. The predicted molar refractivity (Wildman–Crippen MR) is 94.4 cm³/mol. The molecule has 4 nitrogen and oxygen atoms in total. The van der Waals surface area contributed by atoms with E-state index in [1.807, 2.05) is 23.1 Å². The van der Waals surface area contributed by atoms with Gasteiger partial charge >= 0.3 is 0 Å². The molecular formula is C18H20BrN3O. The van der Waals surface area contributed by atoms with Crippen LogP contribution in [0.4, 0.5) is 0 Å². The molecule has 3 rings (SSSR count). The highest BCUT2D eigenvalue weighted by molar-refractivity contribution is 9.10. The van der Waals surface area contributed by atoms with E-state index in [4.69, 9.17) is 0 Å². The number of carbonyl (C=O) groups excluding carboxylic acids is 1. The van der Waals surface area contributed by atoms with Gasteiger partial charge in [0.1, 0.15) is 0 Å². The van der Waals surface area contributed by atoms with E-state index in [0.717, 1.165) is 43.6 Å². The van der Waals surface area contributed by atoms with E-state index in [1.54, 1.807) is 12.4 Å². The standard InChI is InChI=1S/C18H20BrN3O/c19-17-5-1-3-15(13-17)6-8-21-9-11-22(12-10-21)18(23)16-4-2-7-20-14-16/h1-5,7,13-14H,6,8-12H2. The number of carbonyl (C=O) groups is 1. The smallest absolute Gasteiger partial charge is 0.255 e. The minimum Gasteiger partial charge on any atom is -0.336 e. The third-order valence-corrected chi connectivity index (χ3v) is 4.67. The SMILES string of the molecule is O=C(c1cccnc1)N1CCN(CCc2cccc(Br)c2)CC1. The third-order valence-electron chi connectivity index (χ3n) is 4.17. The van der Waals surface area contributed by atoms with Crippen LogP contribution in [0.2, 0.25) is 0 Å². The number of pyridine rings is 1. The molecule has 1 aliphatic rings. The number of benzene rings is 1. The van der Waals surface area contributed by atoms with Crippen molar-refractivity contribution in [3.05, 3.63) is 64.4 Å². The minimum atomic E-state index is 0.0877. The summed E-state index contributed by atoms with van der Waals surface area (Å²) in [6, 6.07) is 12.1. The van der Waals surface area contributed by atoms with Gasteiger partial charge in [-0.2, -0.15) is 0 Å². The Morgan fingerprint density at radius 1 is 1.13 bits per heavy atom. The molecule has 1 aromatic heterocycles. The molecule has 0 N–H and O–H groups in total. The van der Waals surface area contributed by atoms with Gasteiger partial charge in [-0.1, -0.05) is 28.1 Å². The number of halogens is 1. The number of amides is 1. The largest absolute Gasteiger partial charge is 0.336 e. The van der Waals surface area contributed by atoms with Crippen molar-refractivity contribution in [3.8, 4) is 0 Å². The number of hydrogen-bond acceptors (Lipinski definition) is 3. The lowest BCUT2D eigenvalue weighted by Crippen LogP contribution is -2.49. The summed E-state index contributed by atoms with van der Waals surface area (Å²) in [4.78, 5) is 20.8. The van der Waals surface area contributed by atoms with Gasteiger partial charge in [-0.3, -0.25) is 14.7 Å². The normalized spacial score (nSPS) is 15.6. The number of piperazine rings is 1. The molecule has 0 radical (unpaired) electrons. The Morgan fingerprint density at radius 3 is 2.65 bits per heavy atom. The molecule has 1 fully saturated rings. The Hall–Kier alpha value is -1.72. The van der Waals surface area contributed by atoms with E-state index in [2.05, 4.69) is 44.0 Å². The van der Waals surface area contributed by atoms with Crippen LogP contribution in [0.15, 0.2) is 53.3 Å². The van der Waals surface area contributed by atoms with Crippen LogP contribution in [0.25, 0.3) is 0 Å². The van der Waals surface area contributed by atoms with E-state index in [1.165, 1.54) is 5.56 Å². The van der Waals surface area contributed by atoms with Crippen LogP contribution in [-0.4, -0.2) is 53.4 Å². The average Bonchev–Trinajstić information content (AvgIpc) is 2.61. The lowest BCUT2D eigenvalue weighted by atomic mass is 10.1. The summed E-state index contributed by atoms with van der Waals surface area (Å²) in [7, 11) is 0. The zero-order chi connectivity index (χ0) is 16.1. The van der Waals surface area contributed by atoms with Crippen molar-refractivity contribution in [2.75, 3.05) is 32.7 Å². The van der Waals surface area contributed by atoms with Crippen molar-refractivity contribution < 1.29 is 4.79 Å². The molecule has 1 aliphatic heterocycles. The molecular weight excluding hydrogens is 354 g/mol. The summed E-state index contributed by atoms with van der Waals surface area (Å²) in [6.07, 6.45) is 4.37. The molecule has 2 aromatic rings. The number of aromatic nitrogens is 1. The lowest BCUT2D eigenvalue weighted by molar-refractivity contribution is 0.0638. The van der Waals surface area contributed by atoms with Crippen molar-refractivity contribution in [1.29, 1.82) is 0 Å².